The number of ether oxygens (including phenoxy) is 2. The average Bonchev–Trinajstić information content (AvgIpc) is 2.01. The van der Waals surface area contributed by atoms with Crippen LogP contribution in [0.15, 0.2) is 0 Å². The van der Waals surface area contributed by atoms with E-state index in [1.54, 1.807) is 0 Å². The Bertz CT molecular complexity index is 237. The van der Waals surface area contributed by atoms with Gasteiger partial charge in [-0.2, -0.15) is 0 Å². The number of rotatable bonds is 5. The molecule has 0 aromatic rings. The first-order valence-corrected chi connectivity index (χ1v) is 5.22. The van der Waals surface area contributed by atoms with E-state index in [1.165, 1.54) is 13.8 Å². The van der Waals surface area contributed by atoms with Crippen molar-refractivity contribution in [3.05, 3.63) is 0 Å². The van der Waals surface area contributed by atoms with Gasteiger partial charge in [0.25, 0.3) is 0 Å². The third-order valence-electron chi connectivity index (χ3n) is 1.37. The van der Waals surface area contributed by atoms with E-state index in [-0.39, 0.29) is 5.97 Å². The molecule has 0 bridgehead atoms. The van der Waals surface area contributed by atoms with E-state index >= 15 is 0 Å². The zero-order valence-corrected chi connectivity index (χ0v) is 10.2. The van der Waals surface area contributed by atoms with E-state index < -0.39 is 12.1 Å². The molecule has 0 saturated heterocycles. The van der Waals surface area contributed by atoms with Crippen LogP contribution < -0.4 is 0 Å². The van der Waals surface area contributed by atoms with Crippen LogP contribution in [0.4, 0.5) is 0 Å². The van der Waals surface area contributed by atoms with Gasteiger partial charge in [-0.1, -0.05) is 0 Å². The molecule has 0 rings (SSSR count). The van der Waals surface area contributed by atoms with Crippen molar-refractivity contribution in [2.24, 2.45) is 0 Å². The first-order chi connectivity index (χ1) is 6.47. The summed E-state index contributed by atoms with van der Waals surface area (Å²) in [6.07, 6.45) is 1.00. The molecule has 0 aromatic heterocycles. The Morgan fingerprint density at radius 2 is 1.86 bits per heavy atom. The second kappa shape index (κ2) is 6.73. The van der Waals surface area contributed by atoms with Crippen LogP contribution in [0, 0.1) is 0 Å². The molecule has 0 spiro atoms. The molecule has 0 radical (unpaired) electrons. The van der Waals surface area contributed by atoms with Gasteiger partial charge >= 0.3 is 90.9 Å². The Hall–Kier alpha value is -0.671. The van der Waals surface area contributed by atoms with Crippen LogP contribution in [0.3, 0.4) is 0 Å². The molecule has 0 aliphatic heterocycles. The van der Waals surface area contributed by atoms with E-state index in [0.29, 0.717) is 11.0 Å². The molecule has 0 aliphatic rings. The Morgan fingerprint density at radius 1 is 1.29 bits per heavy atom. The maximum absolute atomic E-state index is 10.7. The average molecular weight is 265 g/mol. The number of hydrogen-bond donors (Lipinski definition) is 0. The molecule has 1 unspecified atom stereocenters. The summed E-state index contributed by atoms with van der Waals surface area (Å²) in [6, 6.07) is 0. The second-order valence-corrected chi connectivity index (χ2v) is 3.64. The molecule has 14 heavy (non-hydrogen) atoms. The van der Waals surface area contributed by atoms with Crippen LogP contribution in [0.25, 0.3) is 0 Å². The fraction of sp³-hybridized carbons (Fsp3) is 0.667. The molecule has 0 amide bonds. The summed E-state index contributed by atoms with van der Waals surface area (Å²) in [5.41, 5.74) is 0. The third-order valence-corrected chi connectivity index (χ3v) is 2.09. The third kappa shape index (κ3) is 5.89. The molecule has 0 heterocycles. The first-order valence-electron chi connectivity index (χ1n) is 4.36. The van der Waals surface area contributed by atoms with Gasteiger partial charge in [0, 0.05) is 0 Å². The Labute approximate surface area is 91.3 Å². The van der Waals surface area contributed by atoms with Crippen LogP contribution in [0.5, 0.6) is 0 Å². The van der Waals surface area contributed by atoms with Crippen molar-refractivity contribution < 1.29 is 19.1 Å². The number of esters is 2. The van der Waals surface area contributed by atoms with Gasteiger partial charge in [-0.3, -0.25) is 0 Å². The van der Waals surface area contributed by atoms with Crippen molar-refractivity contribution in [2.75, 3.05) is 0 Å². The van der Waals surface area contributed by atoms with Gasteiger partial charge < -0.3 is 0 Å². The topological polar surface area (TPSA) is 52.6 Å². The summed E-state index contributed by atoms with van der Waals surface area (Å²) in [4.78, 5) is 21.4. The SMILES string of the molecule is CCCC(OC(C)=O)C(=[Se])OC(C)=O. The van der Waals surface area contributed by atoms with Gasteiger partial charge in [-0.05, 0) is 0 Å². The molecule has 0 fully saturated rings. The number of carbonyl (C=O) groups is 2. The van der Waals surface area contributed by atoms with Crippen LogP contribution in [0.1, 0.15) is 33.6 Å². The molecular formula is C9H14O4Se. The molecular weight excluding hydrogens is 251 g/mol. The molecule has 4 nitrogen and oxygen atoms in total. The van der Waals surface area contributed by atoms with Gasteiger partial charge in [-0.25, -0.2) is 0 Å². The Morgan fingerprint density at radius 3 is 2.21 bits per heavy atom. The van der Waals surface area contributed by atoms with Crippen molar-refractivity contribution >= 4 is 32.1 Å². The summed E-state index contributed by atoms with van der Waals surface area (Å²) in [6.45, 7) is 4.58. The van der Waals surface area contributed by atoms with Gasteiger partial charge in [0.15, 0.2) is 0 Å². The van der Waals surface area contributed by atoms with Crippen LogP contribution in [-0.4, -0.2) is 38.2 Å². The molecule has 1 atom stereocenters. The summed E-state index contributed by atoms with van der Waals surface area (Å²) < 4.78 is 10.1. The predicted octanol–water partition coefficient (Wildman–Crippen LogP) is 0.580. The van der Waals surface area contributed by atoms with Crippen LogP contribution in [-0.2, 0) is 19.1 Å². The zero-order chi connectivity index (χ0) is 11.1. The summed E-state index contributed by atoms with van der Waals surface area (Å²) in [5, 5.41) is 0. The molecule has 0 aromatic carbocycles. The summed E-state index contributed by atoms with van der Waals surface area (Å²) in [7, 11) is 0. The fourth-order valence-electron chi connectivity index (χ4n) is 0.895. The van der Waals surface area contributed by atoms with Crippen LogP contribution >= 0.6 is 0 Å². The maximum atomic E-state index is 10.7. The van der Waals surface area contributed by atoms with Crippen LogP contribution in [0.2, 0.25) is 0 Å². The van der Waals surface area contributed by atoms with Gasteiger partial charge in [0.2, 0.25) is 0 Å². The Kier molecular flexibility index (Phi) is 6.41. The zero-order valence-electron chi connectivity index (χ0n) is 8.53. The Balaban J connectivity index is 4.24. The second-order valence-electron chi connectivity index (χ2n) is 2.80. The molecule has 0 saturated carbocycles. The molecule has 80 valence electrons. The number of hydrogen-bond acceptors (Lipinski definition) is 4. The number of carbonyl (C=O) groups excluding carboxylic acids is 2. The summed E-state index contributed by atoms with van der Waals surface area (Å²) in [5.74, 6) is -0.810. The van der Waals surface area contributed by atoms with E-state index in [0.717, 1.165) is 6.42 Å². The monoisotopic (exact) mass is 266 g/mol. The molecule has 0 N–H and O–H groups in total. The van der Waals surface area contributed by atoms with E-state index in [2.05, 4.69) is 15.6 Å². The minimum absolute atomic E-state index is 0.314. The minimum atomic E-state index is -0.471. The van der Waals surface area contributed by atoms with E-state index in [1.807, 2.05) is 6.92 Å². The van der Waals surface area contributed by atoms with Crippen molar-refractivity contribution in [3.63, 3.8) is 0 Å². The molecule has 5 heteroatoms. The quantitative estimate of drug-likeness (QED) is 0.539. The predicted molar refractivity (Wildman–Crippen MR) is 53.0 cm³/mol. The fourth-order valence-corrected chi connectivity index (χ4v) is 1.49. The summed E-state index contributed by atoms with van der Waals surface area (Å²) >= 11 is 2.60. The van der Waals surface area contributed by atoms with Crippen molar-refractivity contribution in [3.8, 4) is 0 Å². The standard InChI is InChI=1S/C9H14O4Se/c1-4-5-8(12-6(2)10)9(14)13-7(3)11/h8H,4-5H2,1-3H3. The van der Waals surface area contributed by atoms with Gasteiger partial charge in [-0.15, -0.1) is 0 Å². The normalized spacial score (nSPS) is 11.6. The van der Waals surface area contributed by atoms with E-state index in [4.69, 9.17) is 9.47 Å². The van der Waals surface area contributed by atoms with Crippen molar-refractivity contribution in [1.29, 1.82) is 0 Å². The van der Waals surface area contributed by atoms with Gasteiger partial charge in [0.1, 0.15) is 0 Å². The first kappa shape index (κ1) is 13.3. The van der Waals surface area contributed by atoms with E-state index in [9.17, 15) is 9.59 Å². The van der Waals surface area contributed by atoms with Crippen molar-refractivity contribution in [2.45, 2.75) is 39.7 Å². The van der Waals surface area contributed by atoms with Gasteiger partial charge in [0.05, 0.1) is 0 Å². The molecule has 0 aliphatic carbocycles. The van der Waals surface area contributed by atoms with Crippen molar-refractivity contribution in [1.82, 2.24) is 0 Å².